The van der Waals surface area contributed by atoms with Crippen LogP contribution in [0.1, 0.15) is 10.4 Å². The van der Waals surface area contributed by atoms with E-state index >= 15 is 0 Å². The van der Waals surface area contributed by atoms with Gasteiger partial charge in [0.05, 0.1) is 4.90 Å². The molecule has 5 nitrogen and oxygen atoms in total. The molecule has 26 heavy (non-hydrogen) atoms. The van der Waals surface area contributed by atoms with E-state index in [1.807, 2.05) is 41.1 Å². The molecule has 7 heteroatoms. The molecular weight excluding hydrogens is 368 g/mol. The average molecular weight is 386 g/mol. The molecule has 1 N–H and O–H groups in total. The van der Waals surface area contributed by atoms with Crippen molar-refractivity contribution in [3.8, 4) is 11.1 Å². The highest BCUT2D eigenvalue weighted by Gasteiger charge is 2.17. The molecule has 0 spiro atoms. The molecule has 1 amide bonds. The van der Waals surface area contributed by atoms with Gasteiger partial charge in [0.25, 0.3) is 5.91 Å². The van der Waals surface area contributed by atoms with E-state index in [0.29, 0.717) is 11.3 Å². The number of carbonyl (C=O) groups excluding carboxylic acids is 1. The van der Waals surface area contributed by atoms with Gasteiger partial charge in [0.2, 0.25) is 10.0 Å². The quantitative estimate of drug-likeness (QED) is 0.723. The summed E-state index contributed by atoms with van der Waals surface area (Å²) in [5.41, 5.74) is 3.20. The third-order valence-corrected chi connectivity index (χ3v) is 6.38. The zero-order valence-electron chi connectivity index (χ0n) is 14.3. The third kappa shape index (κ3) is 3.85. The molecule has 3 aromatic rings. The molecule has 1 heterocycles. The Morgan fingerprint density at radius 1 is 1.00 bits per heavy atom. The molecule has 0 aliphatic rings. The summed E-state index contributed by atoms with van der Waals surface area (Å²) >= 11 is 1.62. The Labute approximate surface area is 157 Å². The third-order valence-electron chi connectivity index (χ3n) is 3.87. The molecular formula is C19H18N2O3S2. The minimum absolute atomic E-state index is 0.151. The largest absolute Gasteiger partial charge is 0.322 e. The zero-order valence-corrected chi connectivity index (χ0v) is 16.0. The van der Waals surface area contributed by atoms with Crippen molar-refractivity contribution in [1.82, 2.24) is 4.31 Å². The fourth-order valence-corrected chi connectivity index (χ4v) is 3.96. The van der Waals surface area contributed by atoms with Crippen LogP contribution in [0.5, 0.6) is 0 Å². The second-order valence-electron chi connectivity index (χ2n) is 5.86. The van der Waals surface area contributed by atoms with Crippen molar-refractivity contribution < 1.29 is 13.2 Å². The maximum absolute atomic E-state index is 12.4. The first-order valence-corrected chi connectivity index (χ1v) is 10.2. The Balaban J connectivity index is 1.78. The van der Waals surface area contributed by atoms with Crippen molar-refractivity contribution in [3.63, 3.8) is 0 Å². The maximum Gasteiger partial charge on any atom is 0.255 e. The number of hydrogen-bond donors (Lipinski definition) is 1. The summed E-state index contributed by atoms with van der Waals surface area (Å²) in [6.07, 6.45) is 0. The molecule has 0 saturated carbocycles. The first-order valence-electron chi connectivity index (χ1n) is 7.84. The molecule has 0 aliphatic heterocycles. The Hall–Kier alpha value is -2.48. The van der Waals surface area contributed by atoms with Crippen LogP contribution < -0.4 is 5.32 Å². The van der Waals surface area contributed by atoms with Crippen LogP contribution in [0.2, 0.25) is 0 Å². The van der Waals surface area contributed by atoms with Gasteiger partial charge < -0.3 is 5.32 Å². The summed E-state index contributed by atoms with van der Waals surface area (Å²) in [5, 5.41) is 6.90. The van der Waals surface area contributed by atoms with Gasteiger partial charge in [0.15, 0.2) is 0 Å². The zero-order chi connectivity index (χ0) is 18.7. The number of thiophene rings is 1. The number of amides is 1. The normalized spacial score (nSPS) is 11.5. The van der Waals surface area contributed by atoms with Crippen LogP contribution in [0.15, 0.2) is 70.3 Å². The molecule has 0 unspecified atom stereocenters. The van der Waals surface area contributed by atoms with E-state index in [9.17, 15) is 13.2 Å². The highest BCUT2D eigenvalue weighted by molar-refractivity contribution is 7.89. The Morgan fingerprint density at radius 3 is 2.35 bits per heavy atom. The van der Waals surface area contributed by atoms with Crippen molar-refractivity contribution in [1.29, 1.82) is 0 Å². The summed E-state index contributed by atoms with van der Waals surface area (Å²) in [5.74, 6) is -0.290. The minimum atomic E-state index is -3.51. The van der Waals surface area contributed by atoms with Crippen LogP contribution in [-0.2, 0) is 10.0 Å². The van der Waals surface area contributed by atoms with E-state index in [-0.39, 0.29) is 10.8 Å². The lowest BCUT2D eigenvalue weighted by Crippen LogP contribution is -2.22. The molecule has 0 saturated heterocycles. The van der Waals surface area contributed by atoms with Crippen molar-refractivity contribution in [2.24, 2.45) is 0 Å². The Kier molecular flexibility index (Phi) is 5.22. The van der Waals surface area contributed by atoms with E-state index in [1.54, 1.807) is 11.3 Å². The van der Waals surface area contributed by atoms with Gasteiger partial charge in [-0.3, -0.25) is 4.79 Å². The predicted octanol–water partition coefficient (Wildman–Crippen LogP) is 3.92. The molecule has 2 aromatic carbocycles. The number of benzene rings is 2. The van der Waals surface area contributed by atoms with Crippen molar-refractivity contribution >= 4 is 33.0 Å². The van der Waals surface area contributed by atoms with Crippen LogP contribution in [0.25, 0.3) is 11.1 Å². The lowest BCUT2D eigenvalue weighted by Gasteiger charge is -2.12. The standard InChI is InChI=1S/C19H18N2O3S2/c1-21(2)26(23,24)18-8-6-14(7-9-18)19(22)20-17-5-3-4-15(12-17)16-10-11-25-13-16/h3-13H,1-2H3,(H,20,22). The highest BCUT2D eigenvalue weighted by Crippen LogP contribution is 2.25. The van der Waals surface area contributed by atoms with Crippen LogP contribution in [0.3, 0.4) is 0 Å². The number of hydrogen-bond acceptors (Lipinski definition) is 4. The fraction of sp³-hybridized carbons (Fsp3) is 0.105. The van der Waals surface area contributed by atoms with Crippen molar-refractivity contribution in [3.05, 3.63) is 70.9 Å². The molecule has 3 rings (SSSR count). The number of rotatable bonds is 5. The van der Waals surface area contributed by atoms with Gasteiger partial charge >= 0.3 is 0 Å². The highest BCUT2D eigenvalue weighted by atomic mass is 32.2. The monoisotopic (exact) mass is 386 g/mol. The van der Waals surface area contributed by atoms with Crippen molar-refractivity contribution in [2.45, 2.75) is 4.90 Å². The lowest BCUT2D eigenvalue weighted by molar-refractivity contribution is 0.102. The van der Waals surface area contributed by atoms with E-state index in [2.05, 4.69) is 5.32 Å². The van der Waals surface area contributed by atoms with Crippen LogP contribution in [0, 0.1) is 0 Å². The second-order valence-corrected chi connectivity index (χ2v) is 8.79. The first-order chi connectivity index (χ1) is 12.4. The van der Waals surface area contributed by atoms with Gasteiger partial charge in [0.1, 0.15) is 0 Å². The van der Waals surface area contributed by atoms with E-state index in [1.165, 1.54) is 38.4 Å². The summed E-state index contributed by atoms with van der Waals surface area (Å²) < 4.78 is 25.3. The predicted molar refractivity (Wildman–Crippen MR) is 105 cm³/mol. The van der Waals surface area contributed by atoms with Crippen LogP contribution in [-0.4, -0.2) is 32.7 Å². The Morgan fingerprint density at radius 2 is 1.73 bits per heavy atom. The first kappa shape index (κ1) is 18.3. The summed E-state index contributed by atoms with van der Waals surface area (Å²) in [7, 11) is -0.569. The number of nitrogens with one attached hydrogen (secondary N) is 1. The van der Waals surface area contributed by atoms with Gasteiger partial charge in [-0.25, -0.2) is 12.7 Å². The van der Waals surface area contributed by atoms with E-state index in [0.717, 1.165) is 15.4 Å². The molecule has 134 valence electrons. The fourth-order valence-electron chi connectivity index (χ4n) is 2.40. The molecule has 0 radical (unpaired) electrons. The Bertz CT molecular complexity index is 1010. The summed E-state index contributed by atoms with van der Waals surface area (Å²) in [4.78, 5) is 12.6. The number of sulfonamides is 1. The topological polar surface area (TPSA) is 66.5 Å². The van der Waals surface area contributed by atoms with Gasteiger partial charge in [0, 0.05) is 25.3 Å². The van der Waals surface area contributed by atoms with Gasteiger partial charge in [-0.2, -0.15) is 11.3 Å². The van der Waals surface area contributed by atoms with E-state index < -0.39 is 10.0 Å². The summed E-state index contributed by atoms with van der Waals surface area (Å²) in [6, 6.07) is 15.5. The van der Waals surface area contributed by atoms with Crippen molar-refractivity contribution in [2.75, 3.05) is 19.4 Å². The molecule has 1 aromatic heterocycles. The molecule has 0 atom stereocenters. The smallest absolute Gasteiger partial charge is 0.255 e. The maximum atomic E-state index is 12.4. The van der Waals surface area contributed by atoms with Crippen LogP contribution in [0.4, 0.5) is 5.69 Å². The lowest BCUT2D eigenvalue weighted by atomic mass is 10.1. The number of carbonyl (C=O) groups is 1. The molecule has 0 aliphatic carbocycles. The minimum Gasteiger partial charge on any atom is -0.322 e. The van der Waals surface area contributed by atoms with Crippen LogP contribution >= 0.6 is 11.3 Å². The van der Waals surface area contributed by atoms with Gasteiger partial charge in [-0.05, 0) is 64.4 Å². The van der Waals surface area contributed by atoms with E-state index in [4.69, 9.17) is 0 Å². The number of nitrogens with zero attached hydrogens (tertiary/aromatic N) is 1. The second kappa shape index (κ2) is 7.41. The summed E-state index contributed by atoms with van der Waals surface area (Å²) in [6.45, 7) is 0. The molecule has 0 fully saturated rings. The van der Waals surface area contributed by atoms with Gasteiger partial charge in [-0.15, -0.1) is 0 Å². The number of anilines is 1. The molecule has 0 bridgehead atoms. The average Bonchev–Trinajstić information content (AvgIpc) is 3.16. The SMILES string of the molecule is CN(C)S(=O)(=O)c1ccc(C(=O)Nc2cccc(-c3ccsc3)c2)cc1. The van der Waals surface area contributed by atoms with Gasteiger partial charge in [-0.1, -0.05) is 12.1 Å².